The molecule has 5 heteroatoms. The Morgan fingerprint density at radius 2 is 1.58 bits per heavy atom. The fourth-order valence-corrected chi connectivity index (χ4v) is 3.74. The maximum absolute atomic E-state index is 12.5. The molecule has 24 heavy (non-hydrogen) atoms. The van der Waals surface area contributed by atoms with Crippen LogP contribution in [0.1, 0.15) is 30.5 Å². The lowest BCUT2D eigenvalue weighted by molar-refractivity contribution is 0.577. The zero-order valence-electron chi connectivity index (χ0n) is 14.6. The molecule has 4 nitrogen and oxygen atoms in total. The van der Waals surface area contributed by atoms with Crippen molar-refractivity contribution < 1.29 is 8.42 Å². The van der Waals surface area contributed by atoms with Gasteiger partial charge in [-0.05, 0) is 31.0 Å². The van der Waals surface area contributed by atoms with E-state index in [9.17, 15) is 8.42 Å². The highest BCUT2D eigenvalue weighted by molar-refractivity contribution is 7.89. The van der Waals surface area contributed by atoms with Crippen molar-refractivity contribution in [3.8, 4) is 0 Å². The summed E-state index contributed by atoms with van der Waals surface area (Å²) in [5.74, 6) is 0. The van der Waals surface area contributed by atoms with Crippen LogP contribution in [0.2, 0.25) is 0 Å². The van der Waals surface area contributed by atoms with Crippen molar-refractivity contribution in [1.29, 1.82) is 0 Å². The van der Waals surface area contributed by atoms with Crippen LogP contribution < -0.4 is 4.72 Å². The molecule has 0 amide bonds. The Morgan fingerprint density at radius 3 is 2.21 bits per heavy atom. The molecule has 0 atom stereocenters. The number of fused-ring (bicyclic) bond motifs is 1. The summed E-state index contributed by atoms with van der Waals surface area (Å²) in [5.41, 5.74) is 3.66. The van der Waals surface area contributed by atoms with Gasteiger partial charge in [0.1, 0.15) is 0 Å². The lowest BCUT2D eigenvalue weighted by atomic mass is 10.2. The highest BCUT2D eigenvalue weighted by atomic mass is 32.2. The molecule has 0 aliphatic heterocycles. The summed E-state index contributed by atoms with van der Waals surface area (Å²) in [4.78, 5) is 3.00. The Kier molecular flexibility index (Phi) is 5.80. The summed E-state index contributed by atoms with van der Waals surface area (Å²) >= 11 is 0. The molecule has 0 spiro atoms. The number of aryl methyl sites for hydroxylation is 2. The zero-order chi connectivity index (χ0) is 17.7. The van der Waals surface area contributed by atoms with Gasteiger partial charge < -0.3 is 4.98 Å². The van der Waals surface area contributed by atoms with E-state index in [-0.39, 0.29) is 11.6 Å². The number of hydrogen-bond donors (Lipinski definition) is 2. The molecule has 128 valence electrons. The van der Waals surface area contributed by atoms with Crippen LogP contribution in [0.4, 0.5) is 0 Å². The molecular weight excluding hydrogens is 320 g/mol. The summed E-state index contributed by atoms with van der Waals surface area (Å²) in [5, 5.41) is 1.17. The number of hydrogen-bond acceptors (Lipinski definition) is 2. The van der Waals surface area contributed by atoms with Gasteiger partial charge in [-0.15, -0.1) is 0 Å². The summed E-state index contributed by atoms with van der Waals surface area (Å²) in [6.45, 7) is 8.10. The fraction of sp³-hybridized carbons (Fsp3) is 0.263. The van der Waals surface area contributed by atoms with Crippen molar-refractivity contribution in [2.24, 2.45) is 0 Å². The van der Waals surface area contributed by atoms with Crippen LogP contribution >= 0.6 is 0 Å². The van der Waals surface area contributed by atoms with Gasteiger partial charge in [-0.2, -0.15) is 0 Å². The quantitative estimate of drug-likeness (QED) is 0.741. The second kappa shape index (κ2) is 7.64. The molecule has 0 bridgehead atoms. The standard InChI is InChI=1S/C17H18N2O2S.C2H6/c1-12-7-9-14(10-8-12)11-18-22(20,21)17-13(2)15-5-3-4-6-16(15)19-17;1-2/h3-10,18-19H,11H2,1-2H3;1-2H3. The number of H-pyrrole nitrogens is 1. The summed E-state index contributed by atoms with van der Waals surface area (Å²) < 4.78 is 27.7. The Bertz CT molecular complexity index is 910. The van der Waals surface area contributed by atoms with E-state index in [2.05, 4.69) is 9.71 Å². The van der Waals surface area contributed by atoms with Crippen LogP contribution in [0.3, 0.4) is 0 Å². The third-order valence-corrected chi connectivity index (χ3v) is 5.25. The molecule has 0 aliphatic rings. The molecule has 2 N–H and O–H groups in total. The van der Waals surface area contributed by atoms with Crippen LogP contribution in [-0.4, -0.2) is 13.4 Å². The van der Waals surface area contributed by atoms with Crippen molar-refractivity contribution in [3.63, 3.8) is 0 Å². The highest BCUT2D eigenvalue weighted by Crippen LogP contribution is 2.24. The Balaban J connectivity index is 0.00000100. The molecule has 0 unspecified atom stereocenters. The first kappa shape index (κ1) is 18.2. The van der Waals surface area contributed by atoms with E-state index in [1.54, 1.807) is 0 Å². The number of aromatic amines is 1. The number of rotatable bonds is 4. The molecule has 3 rings (SSSR count). The minimum atomic E-state index is -3.57. The first-order valence-corrected chi connectivity index (χ1v) is 9.58. The first-order chi connectivity index (χ1) is 11.5. The fourth-order valence-electron chi connectivity index (χ4n) is 2.48. The summed E-state index contributed by atoms with van der Waals surface area (Å²) in [6, 6.07) is 15.4. The molecule has 0 fully saturated rings. The van der Waals surface area contributed by atoms with E-state index in [0.29, 0.717) is 0 Å². The van der Waals surface area contributed by atoms with Gasteiger partial charge >= 0.3 is 0 Å². The monoisotopic (exact) mass is 344 g/mol. The van der Waals surface area contributed by atoms with Crippen LogP contribution in [0.25, 0.3) is 10.9 Å². The minimum Gasteiger partial charge on any atom is -0.344 e. The lowest BCUT2D eigenvalue weighted by Gasteiger charge is -2.06. The third kappa shape index (κ3) is 3.86. The molecule has 0 aliphatic carbocycles. The van der Waals surface area contributed by atoms with E-state index in [1.165, 1.54) is 0 Å². The average molecular weight is 344 g/mol. The number of para-hydroxylation sites is 1. The van der Waals surface area contributed by atoms with Crippen LogP contribution in [0.5, 0.6) is 0 Å². The lowest BCUT2D eigenvalue weighted by Crippen LogP contribution is -2.24. The number of benzene rings is 2. The molecule has 0 saturated heterocycles. The van der Waals surface area contributed by atoms with Crippen LogP contribution in [0, 0.1) is 13.8 Å². The van der Waals surface area contributed by atoms with Crippen molar-refractivity contribution in [2.45, 2.75) is 39.3 Å². The topological polar surface area (TPSA) is 62.0 Å². The van der Waals surface area contributed by atoms with Crippen molar-refractivity contribution in [2.75, 3.05) is 0 Å². The van der Waals surface area contributed by atoms with Gasteiger partial charge in [-0.3, -0.25) is 0 Å². The molecule has 3 aromatic rings. The second-order valence-electron chi connectivity index (χ2n) is 5.43. The predicted octanol–water partition coefficient (Wildman–Crippen LogP) is 4.29. The summed E-state index contributed by atoms with van der Waals surface area (Å²) in [6.07, 6.45) is 0. The first-order valence-electron chi connectivity index (χ1n) is 8.10. The average Bonchev–Trinajstić information content (AvgIpc) is 2.94. The van der Waals surface area contributed by atoms with E-state index in [4.69, 9.17) is 0 Å². The Morgan fingerprint density at radius 1 is 0.958 bits per heavy atom. The molecule has 1 heterocycles. The molecule has 0 radical (unpaired) electrons. The predicted molar refractivity (Wildman–Crippen MR) is 99.6 cm³/mol. The smallest absolute Gasteiger partial charge is 0.256 e. The van der Waals surface area contributed by atoms with Crippen molar-refractivity contribution >= 4 is 20.9 Å². The normalized spacial score (nSPS) is 11.2. The van der Waals surface area contributed by atoms with Gasteiger partial charge in [-0.25, -0.2) is 13.1 Å². The van der Waals surface area contributed by atoms with Crippen LogP contribution in [0.15, 0.2) is 53.6 Å². The van der Waals surface area contributed by atoms with E-state index in [0.717, 1.165) is 27.6 Å². The Labute approximate surface area is 144 Å². The molecule has 1 aromatic heterocycles. The number of aromatic nitrogens is 1. The molecule has 2 aromatic carbocycles. The minimum absolute atomic E-state index is 0.237. The third-order valence-electron chi connectivity index (χ3n) is 3.78. The summed E-state index contributed by atoms with van der Waals surface area (Å²) in [7, 11) is -3.57. The van der Waals surface area contributed by atoms with Gasteiger partial charge in [0.25, 0.3) is 10.0 Å². The van der Waals surface area contributed by atoms with E-state index >= 15 is 0 Å². The zero-order valence-corrected chi connectivity index (χ0v) is 15.4. The van der Waals surface area contributed by atoms with Crippen LogP contribution in [-0.2, 0) is 16.6 Å². The number of sulfonamides is 1. The maximum atomic E-state index is 12.5. The number of nitrogens with one attached hydrogen (secondary N) is 2. The molecule has 0 saturated carbocycles. The van der Waals surface area contributed by atoms with Gasteiger partial charge in [0.2, 0.25) is 0 Å². The Hall–Kier alpha value is -2.11. The second-order valence-corrected chi connectivity index (χ2v) is 7.14. The van der Waals surface area contributed by atoms with E-state index in [1.807, 2.05) is 76.2 Å². The van der Waals surface area contributed by atoms with Gasteiger partial charge in [-0.1, -0.05) is 61.9 Å². The maximum Gasteiger partial charge on any atom is 0.256 e. The SMILES string of the molecule is CC.Cc1ccc(CNS(=O)(=O)c2[nH]c3ccccc3c2C)cc1. The van der Waals surface area contributed by atoms with Crippen molar-refractivity contribution in [3.05, 3.63) is 65.2 Å². The van der Waals surface area contributed by atoms with Crippen molar-refractivity contribution in [1.82, 2.24) is 9.71 Å². The van der Waals surface area contributed by atoms with Gasteiger partial charge in [0, 0.05) is 17.4 Å². The highest BCUT2D eigenvalue weighted by Gasteiger charge is 2.20. The van der Waals surface area contributed by atoms with Gasteiger partial charge in [0.15, 0.2) is 5.03 Å². The molecular formula is C19H24N2O2S. The van der Waals surface area contributed by atoms with Gasteiger partial charge in [0.05, 0.1) is 0 Å². The van der Waals surface area contributed by atoms with E-state index < -0.39 is 10.0 Å². The largest absolute Gasteiger partial charge is 0.344 e.